The molecule has 0 amide bonds. The van der Waals surface area contributed by atoms with E-state index in [1.807, 2.05) is 0 Å². The Bertz CT molecular complexity index is 223. The monoisotopic (exact) mass is 261 g/mol. The van der Waals surface area contributed by atoms with Crippen molar-refractivity contribution >= 4 is 0 Å². The number of aliphatic hydroxyl groups excluding tert-OH is 1. The van der Waals surface area contributed by atoms with Gasteiger partial charge in [0.25, 0.3) is 0 Å². The normalized spacial score (nSPS) is 25.0. The van der Waals surface area contributed by atoms with Crippen LogP contribution in [0.1, 0.15) is 26.7 Å². The second-order valence-electron chi connectivity index (χ2n) is 5.43. The number of ether oxygens (including phenoxy) is 3. The molecule has 0 aromatic carbocycles. The minimum atomic E-state index is -0.465. The fraction of sp³-hybridized carbons (Fsp3) is 1.00. The lowest BCUT2D eigenvalue weighted by molar-refractivity contribution is -0.0648. The smallest absolute Gasteiger partial charge is 0.0897 e. The molecule has 1 saturated heterocycles. The second-order valence-corrected chi connectivity index (χ2v) is 5.43. The minimum absolute atomic E-state index is 0.0597. The van der Waals surface area contributed by atoms with Gasteiger partial charge < -0.3 is 24.6 Å². The van der Waals surface area contributed by atoms with Crippen LogP contribution in [0.2, 0.25) is 0 Å². The zero-order valence-electron chi connectivity index (χ0n) is 11.8. The molecule has 2 N–H and O–H groups in total. The number of rotatable bonds is 8. The number of methoxy groups -OCH3 is 1. The topological polar surface area (TPSA) is 60.0 Å². The Hall–Kier alpha value is -0.200. The van der Waals surface area contributed by atoms with Crippen molar-refractivity contribution in [1.29, 1.82) is 0 Å². The molecular formula is C13H27NO4. The molecule has 0 radical (unpaired) electrons. The molecule has 0 aromatic heterocycles. The van der Waals surface area contributed by atoms with Crippen molar-refractivity contribution in [2.45, 2.75) is 44.4 Å². The SMILES string of the molecule is COCCOCC(O)CNC1CCOC(C)(C)C1. The van der Waals surface area contributed by atoms with Gasteiger partial charge in [-0.2, -0.15) is 0 Å². The van der Waals surface area contributed by atoms with Gasteiger partial charge in [0.15, 0.2) is 0 Å². The quantitative estimate of drug-likeness (QED) is 0.625. The number of aliphatic hydroxyl groups is 1. The van der Waals surface area contributed by atoms with Crippen molar-refractivity contribution in [2.24, 2.45) is 0 Å². The molecule has 108 valence electrons. The van der Waals surface area contributed by atoms with Crippen molar-refractivity contribution < 1.29 is 19.3 Å². The molecule has 1 aliphatic rings. The highest BCUT2D eigenvalue weighted by molar-refractivity contribution is 4.83. The first-order valence-corrected chi connectivity index (χ1v) is 6.65. The van der Waals surface area contributed by atoms with Gasteiger partial charge in [0, 0.05) is 26.3 Å². The van der Waals surface area contributed by atoms with E-state index < -0.39 is 6.10 Å². The zero-order chi connectivity index (χ0) is 13.4. The average molecular weight is 261 g/mol. The maximum atomic E-state index is 9.75. The van der Waals surface area contributed by atoms with Gasteiger partial charge in [0.05, 0.1) is 31.5 Å². The lowest BCUT2D eigenvalue weighted by Gasteiger charge is -2.36. The van der Waals surface area contributed by atoms with Gasteiger partial charge in [-0.3, -0.25) is 0 Å². The van der Waals surface area contributed by atoms with Gasteiger partial charge >= 0.3 is 0 Å². The molecule has 5 heteroatoms. The van der Waals surface area contributed by atoms with E-state index in [1.54, 1.807) is 7.11 Å². The van der Waals surface area contributed by atoms with Crippen molar-refractivity contribution in [3.8, 4) is 0 Å². The van der Waals surface area contributed by atoms with E-state index in [0.717, 1.165) is 19.4 Å². The molecule has 5 nitrogen and oxygen atoms in total. The van der Waals surface area contributed by atoms with Crippen molar-refractivity contribution in [3.63, 3.8) is 0 Å². The third-order valence-electron chi connectivity index (χ3n) is 3.08. The van der Waals surface area contributed by atoms with Gasteiger partial charge in [0.1, 0.15) is 0 Å². The molecule has 2 atom stereocenters. The van der Waals surface area contributed by atoms with E-state index in [0.29, 0.717) is 32.4 Å². The fourth-order valence-electron chi connectivity index (χ4n) is 2.13. The first-order valence-electron chi connectivity index (χ1n) is 6.65. The Morgan fingerprint density at radius 3 is 2.89 bits per heavy atom. The molecule has 1 heterocycles. The summed E-state index contributed by atoms with van der Waals surface area (Å²) < 4.78 is 15.8. The van der Waals surface area contributed by atoms with Crippen LogP contribution in [0.5, 0.6) is 0 Å². The summed E-state index contributed by atoms with van der Waals surface area (Å²) in [6, 6.07) is 0.419. The lowest BCUT2D eigenvalue weighted by atomic mass is 9.94. The number of hydrogen-bond acceptors (Lipinski definition) is 5. The fourth-order valence-corrected chi connectivity index (χ4v) is 2.13. The molecule has 1 rings (SSSR count). The standard InChI is InChI=1S/C13H27NO4/c1-13(2)8-11(4-5-18-13)14-9-12(15)10-17-7-6-16-3/h11-12,14-15H,4-10H2,1-3H3. The summed E-state index contributed by atoms with van der Waals surface area (Å²) >= 11 is 0. The molecule has 0 bridgehead atoms. The van der Waals surface area contributed by atoms with E-state index in [-0.39, 0.29) is 5.60 Å². The lowest BCUT2D eigenvalue weighted by Crippen LogP contribution is -2.46. The van der Waals surface area contributed by atoms with Crippen LogP contribution in [0.4, 0.5) is 0 Å². The van der Waals surface area contributed by atoms with Crippen molar-refractivity contribution in [1.82, 2.24) is 5.32 Å². The zero-order valence-corrected chi connectivity index (χ0v) is 11.8. The Morgan fingerprint density at radius 2 is 2.22 bits per heavy atom. The highest BCUT2D eigenvalue weighted by Crippen LogP contribution is 2.23. The minimum Gasteiger partial charge on any atom is -0.389 e. The summed E-state index contributed by atoms with van der Waals surface area (Å²) in [6.07, 6.45) is 1.51. The van der Waals surface area contributed by atoms with Gasteiger partial charge in [-0.05, 0) is 26.7 Å². The van der Waals surface area contributed by atoms with Gasteiger partial charge in [-0.1, -0.05) is 0 Å². The predicted octanol–water partition coefficient (Wildman–Crippen LogP) is 0.558. The van der Waals surface area contributed by atoms with Crippen molar-refractivity contribution in [2.75, 3.05) is 40.1 Å². The van der Waals surface area contributed by atoms with E-state index in [2.05, 4.69) is 19.2 Å². The molecule has 18 heavy (non-hydrogen) atoms. The van der Waals surface area contributed by atoms with Crippen LogP contribution in [0, 0.1) is 0 Å². The van der Waals surface area contributed by atoms with Crippen LogP contribution >= 0.6 is 0 Å². The Morgan fingerprint density at radius 1 is 1.44 bits per heavy atom. The molecule has 0 spiro atoms. The summed E-state index contributed by atoms with van der Waals surface area (Å²) in [6.45, 7) is 6.99. The molecule has 1 aliphatic heterocycles. The van der Waals surface area contributed by atoms with E-state index in [9.17, 15) is 5.11 Å². The molecule has 0 saturated carbocycles. The van der Waals surface area contributed by atoms with Crippen LogP contribution in [0.3, 0.4) is 0 Å². The molecule has 0 aromatic rings. The van der Waals surface area contributed by atoms with Crippen LogP contribution in [0.15, 0.2) is 0 Å². The van der Waals surface area contributed by atoms with Crippen LogP contribution < -0.4 is 5.32 Å². The first-order chi connectivity index (χ1) is 8.53. The maximum Gasteiger partial charge on any atom is 0.0897 e. The van der Waals surface area contributed by atoms with E-state index >= 15 is 0 Å². The molecule has 0 aliphatic carbocycles. The second kappa shape index (κ2) is 8.07. The summed E-state index contributed by atoms with van der Waals surface area (Å²) in [7, 11) is 1.63. The van der Waals surface area contributed by atoms with Crippen LogP contribution in [-0.4, -0.2) is 62.9 Å². The average Bonchev–Trinajstić information content (AvgIpc) is 2.31. The first kappa shape index (κ1) is 15.9. The van der Waals surface area contributed by atoms with Gasteiger partial charge in [-0.15, -0.1) is 0 Å². The summed E-state index contributed by atoms with van der Waals surface area (Å²) in [5.41, 5.74) is -0.0597. The highest BCUT2D eigenvalue weighted by atomic mass is 16.5. The predicted molar refractivity (Wildman–Crippen MR) is 69.8 cm³/mol. The third-order valence-corrected chi connectivity index (χ3v) is 3.08. The van der Waals surface area contributed by atoms with Gasteiger partial charge in [0.2, 0.25) is 0 Å². The van der Waals surface area contributed by atoms with Crippen molar-refractivity contribution in [3.05, 3.63) is 0 Å². The van der Waals surface area contributed by atoms with E-state index in [4.69, 9.17) is 14.2 Å². The highest BCUT2D eigenvalue weighted by Gasteiger charge is 2.28. The number of nitrogens with one attached hydrogen (secondary N) is 1. The Kier molecular flexibility index (Phi) is 7.11. The van der Waals surface area contributed by atoms with Gasteiger partial charge in [-0.25, -0.2) is 0 Å². The Labute approximate surface area is 110 Å². The van der Waals surface area contributed by atoms with E-state index in [1.165, 1.54) is 0 Å². The third kappa shape index (κ3) is 6.66. The summed E-state index contributed by atoms with van der Waals surface area (Å²) in [5.74, 6) is 0. The van der Waals surface area contributed by atoms with Crippen LogP contribution in [0.25, 0.3) is 0 Å². The summed E-state index contributed by atoms with van der Waals surface area (Å²) in [5, 5.41) is 13.1. The molecule has 1 fully saturated rings. The largest absolute Gasteiger partial charge is 0.389 e. The molecule has 2 unspecified atom stereocenters. The summed E-state index contributed by atoms with van der Waals surface area (Å²) in [4.78, 5) is 0. The Balaban J connectivity index is 2.08. The number of hydrogen-bond donors (Lipinski definition) is 2. The maximum absolute atomic E-state index is 9.75. The molecular weight excluding hydrogens is 234 g/mol. The van der Waals surface area contributed by atoms with Crippen LogP contribution in [-0.2, 0) is 14.2 Å².